The van der Waals surface area contributed by atoms with Gasteiger partial charge in [-0.05, 0) is 29.3 Å². The summed E-state index contributed by atoms with van der Waals surface area (Å²) in [5, 5.41) is 6.56. The van der Waals surface area contributed by atoms with Crippen LogP contribution in [0.4, 0.5) is 10.5 Å². The molecule has 2 amide bonds. The fraction of sp³-hybridized carbons (Fsp3) is 0.316. The molecule has 2 N–H and O–H groups in total. The molecule has 0 aliphatic carbocycles. The molecule has 26 heavy (non-hydrogen) atoms. The first-order valence-corrected chi connectivity index (χ1v) is 9.24. The predicted octanol–water partition coefficient (Wildman–Crippen LogP) is 4.15. The number of nitrogens with one attached hydrogen (secondary N) is 2. The number of hydrogen-bond acceptors (Lipinski definition) is 3. The number of ether oxygens (including phenoxy) is 1. The minimum absolute atomic E-state index is 0.324. The molecule has 3 rings (SSSR count). The summed E-state index contributed by atoms with van der Waals surface area (Å²) >= 11 is 12.0. The molecular weight excluding hydrogens is 373 g/mol. The van der Waals surface area contributed by atoms with Crippen molar-refractivity contribution in [3.8, 4) is 0 Å². The van der Waals surface area contributed by atoms with Crippen LogP contribution >= 0.6 is 23.2 Å². The van der Waals surface area contributed by atoms with Crippen LogP contribution < -0.4 is 10.6 Å². The molecule has 0 saturated carbocycles. The molecule has 7 heteroatoms. The number of nitrogens with zero attached hydrogens (tertiary/aromatic N) is 1. The van der Waals surface area contributed by atoms with Crippen molar-refractivity contribution in [2.75, 3.05) is 31.6 Å². The zero-order chi connectivity index (χ0) is 18.4. The summed E-state index contributed by atoms with van der Waals surface area (Å²) in [4.78, 5) is 14.6. The van der Waals surface area contributed by atoms with Gasteiger partial charge in [0.05, 0.1) is 23.9 Å². The third-order valence-corrected chi connectivity index (χ3v) is 4.80. The number of morpholine rings is 1. The smallest absolute Gasteiger partial charge is 0.319 e. The molecule has 5 nitrogen and oxygen atoms in total. The number of rotatable bonds is 5. The van der Waals surface area contributed by atoms with Crippen molar-refractivity contribution in [2.24, 2.45) is 0 Å². The average molecular weight is 394 g/mol. The maximum Gasteiger partial charge on any atom is 0.319 e. The maximum atomic E-state index is 12.2. The summed E-state index contributed by atoms with van der Waals surface area (Å²) in [7, 11) is 0. The van der Waals surface area contributed by atoms with Crippen LogP contribution in [0.1, 0.15) is 11.1 Å². The topological polar surface area (TPSA) is 53.6 Å². The summed E-state index contributed by atoms with van der Waals surface area (Å²) in [6.07, 6.45) is 0. The number of anilines is 1. The summed E-state index contributed by atoms with van der Waals surface area (Å²) < 4.78 is 5.39. The average Bonchev–Trinajstić information content (AvgIpc) is 2.65. The van der Waals surface area contributed by atoms with Gasteiger partial charge in [-0.15, -0.1) is 0 Å². The maximum absolute atomic E-state index is 12.2. The van der Waals surface area contributed by atoms with Gasteiger partial charge >= 0.3 is 6.03 Å². The second kappa shape index (κ2) is 9.24. The van der Waals surface area contributed by atoms with Crippen molar-refractivity contribution in [3.63, 3.8) is 0 Å². The van der Waals surface area contributed by atoms with Crippen LogP contribution in [0.5, 0.6) is 0 Å². The SMILES string of the molecule is O=C(NCc1ccccc1CN1CCOCC1)Nc1cc(Cl)ccc1Cl. The third-order valence-electron chi connectivity index (χ3n) is 4.23. The van der Waals surface area contributed by atoms with Crippen LogP contribution in [0.3, 0.4) is 0 Å². The Bertz CT molecular complexity index is 764. The molecule has 0 bridgehead atoms. The highest BCUT2D eigenvalue weighted by Crippen LogP contribution is 2.25. The summed E-state index contributed by atoms with van der Waals surface area (Å²) in [6.45, 7) is 4.67. The van der Waals surface area contributed by atoms with E-state index >= 15 is 0 Å². The Hall–Kier alpha value is -1.79. The van der Waals surface area contributed by atoms with Crippen LogP contribution in [0.15, 0.2) is 42.5 Å². The van der Waals surface area contributed by atoms with Gasteiger partial charge in [0.25, 0.3) is 0 Å². The van der Waals surface area contributed by atoms with Crippen molar-refractivity contribution < 1.29 is 9.53 Å². The van der Waals surface area contributed by atoms with Gasteiger partial charge in [-0.1, -0.05) is 47.5 Å². The Balaban J connectivity index is 1.58. The van der Waals surface area contributed by atoms with Crippen LogP contribution in [-0.4, -0.2) is 37.2 Å². The lowest BCUT2D eigenvalue weighted by Gasteiger charge is -2.27. The van der Waals surface area contributed by atoms with Gasteiger partial charge in [0, 0.05) is 31.2 Å². The third kappa shape index (κ3) is 5.35. The standard InChI is InChI=1S/C19H21Cl2N3O2/c20-16-5-6-17(21)18(11-16)23-19(25)22-12-14-3-1-2-4-15(14)13-24-7-9-26-10-8-24/h1-6,11H,7-10,12-13H2,(H2,22,23,25). The van der Waals surface area contributed by atoms with E-state index in [1.807, 2.05) is 18.2 Å². The number of amides is 2. The largest absolute Gasteiger partial charge is 0.379 e. The van der Waals surface area contributed by atoms with E-state index in [2.05, 4.69) is 21.6 Å². The molecule has 0 atom stereocenters. The van der Waals surface area contributed by atoms with Crippen LogP contribution in [0, 0.1) is 0 Å². The molecule has 138 valence electrons. The number of urea groups is 1. The van der Waals surface area contributed by atoms with Crippen molar-refractivity contribution in [1.82, 2.24) is 10.2 Å². The van der Waals surface area contributed by atoms with E-state index < -0.39 is 0 Å². The molecule has 0 aromatic heterocycles. The van der Waals surface area contributed by atoms with Crippen LogP contribution in [-0.2, 0) is 17.8 Å². The van der Waals surface area contributed by atoms with Crippen molar-refractivity contribution in [3.05, 3.63) is 63.6 Å². The molecule has 1 heterocycles. The number of benzene rings is 2. The van der Waals surface area contributed by atoms with Gasteiger partial charge in [0.2, 0.25) is 0 Å². The highest BCUT2D eigenvalue weighted by Gasteiger charge is 2.13. The highest BCUT2D eigenvalue weighted by atomic mass is 35.5. The van der Waals surface area contributed by atoms with Gasteiger partial charge in [0.15, 0.2) is 0 Å². The normalized spacial score (nSPS) is 14.8. The van der Waals surface area contributed by atoms with Crippen LogP contribution in [0.25, 0.3) is 0 Å². The van der Waals surface area contributed by atoms with Crippen molar-refractivity contribution in [2.45, 2.75) is 13.1 Å². The second-order valence-electron chi connectivity index (χ2n) is 6.09. The predicted molar refractivity (Wildman–Crippen MR) is 105 cm³/mol. The first-order valence-electron chi connectivity index (χ1n) is 8.48. The Kier molecular flexibility index (Phi) is 6.74. The first kappa shape index (κ1) is 19.0. The van der Waals surface area contributed by atoms with E-state index in [9.17, 15) is 4.79 Å². The Morgan fingerprint density at radius 1 is 1.08 bits per heavy atom. The molecule has 1 aliphatic rings. The van der Waals surface area contributed by atoms with Gasteiger partial charge in [-0.2, -0.15) is 0 Å². The number of carbonyl (C=O) groups excluding carboxylic acids is 1. The Morgan fingerprint density at radius 3 is 2.58 bits per heavy atom. The zero-order valence-corrected chi connectivity index (χ0v) is 15.8. The monoisotopic (exact) mass is 393 g/mol. The lowest BCUT2D eigenvalue weighted by molar-refractivity contribution is 0.0341. The molecular formula is C19H21Cl2N3O2. The molecule has 1 saturated heterocycles. The molecule has 0 unspecified atom stereocenters. The van der Waals surface area contributed by atoms with E-state index in [1.54, 1.807) is 18.2 Å². The second-order valence-corrected chi connectivity index (χ2v) is 6.93. The van der Waals surface area contributed by atoms with E-state index in [0.29, 0.717) is 22.3 Å². The number of carbonyl (C=O) groups is 1. The highest BCUT2D eigenvalue weighted by molar-refractivity contribution is 6.35. The Morgan fingerprint density at radius 2 is 1.81 bits per heavy atom. The fourth-order valence-electron chi connectivity index (χ4n) is 2.82. The minimum atomic E-state index is -0.324. The molecule has 1 aliphatic heterocycles. The summed E-state index contributed by atoms with van der Waals surface area (Å²) in [5.74, 6) is 0. The van der Waals surface area contributed by atoms with Crippen LogP contribution in [0.2, 0.25) is 10.0 Å². The van der Waals surface area contributed by atoms with E-state index in [-0.39, 0.29) is 6.03 Å². The summed E-state index contributed by atoms with van der Waals surface area (Å²) in [5.41, 5.74) is 2.78. The fourth-order valence-corrected chi connectivity index (χ4v) is 3.16. The lowest BCUT2D eigenvalue weighted by Crippen LogP contribution is -2.36. The summed E-state index contributed by atoms with van der Waals surface area (Å²) in [6, 6.07) is 12.7. The van der Waals surface area contributed by atoms with Gasteiger partial charge < -0.3 is 15.4 Å². The number of halogens is 2. The minimum Gasteiger partial charge on any atom is -0.379 e. The molecule has 1 fully saturated rings. The number of hydrogen-bond donors (Lipinski definition) is 2. The van der Waals surface area contributed by atoms with Gasteiger partial charge in [-0.3, -0.25) is 4.90 Å². The molecule has 0 spiro atoms. The van der Waals surface area contributed by atoms with E-state index in [4.69, 9.17) is 27.9 Å². The quantitative estimate of drug-likeness (QED) is 0.801. The van der Waals surface area contributed by atoms with Gasteiger partial charge in [-0.25, -0.2) is 4.79 Å². The van der Waals surface area contributed by atoms with Gasteiger partial charge in [0.1, 0.15) is 0 Å². The van der Waals surface area contributed by atoms with E-state index in [0.717, 1.165) is 38.4 Å². The van der Waals surface area contributed by atoms with E-state index in [1.165, 1.54) is 5.56 Å². The van der Waals surface area contributed by atoms with Crippen molar-refractivity contribution >= 4 is 34.9 Å². The first-order chi connectivity index (χ1) is 12.6. The molecule has 0 radical (unpaired) electrons. The molecule has 2 aromatic carbocycles. The Labute approximate surface area is 163 Å². The zero-order valence-electron chi connectivity index (χ0n) is 14.3. The van der Waals surface area contributed by atoms with Crippen molar-refractivity contribution in [1.29, 1.82) is 0 Å². The molecule has 2 aromatic rings. The lowest BCUT2D eigenvalue weighted by atomic mass is 10.1.